The molecule has 0 spiro atoms. The Bertz CT molecular complexity index is 438. The van der Waals surface area contributed by atoms with Crippen molar-refractivity contribution >= 4 is 10.0 Å². The lowest BCUT2D eigenvalue weighted by molar-refractivity contribution is -0.274. The van der Waals surface area contributed by atoms with Crippen LogP contribution in [0.2, 0.25) is 0 Å². The monoisotopic (exact) mass is 240 g/mol. The first kappa shape index (κ1) is 11.8. The molecule has 1 radical (unpaired) electrons. The van der Waals surface area contributed by atoms with Crippen LogP contribution in [0.15, 0.2) is 29.2 Å². The Kier molecular flexibility index (Phi) is 2.91. The molecule has 0 saturated heterocycles. The zero-order valence-corrected chi connectivity index (χ0v) is 7.89. The Morgan fingerprint density at radius 3 is 1.93 bits per heavy atom. The summed E-state index contributed by atoms with van der Waals surface area (Å²) in [6.45, 7) is 0. The Balaban J connectivity index is 2.92. The molecule has 83 valence electrons. The molecular weight excluding hydrogens is 235 g/mol. The van der Waals surface area contributed by atoms with E-state index in [2.05, 4.69) is 4.74 Å². The molecule has 0 aliphatic heterocycles. The molecule has 0 atom stereocenters. The number of sulfonamides is 1. The highest BCUT2D eigenvalue weighted by Crippen LogP contribution is 2.23. The Labute approximate surface area is 83.5 Å². The first-order valence-electron chi connectivity index (χ1n) is 3.54. The van der Waals surface area contributed by atoms with Gasteiger partial charge in [0.15, 0.2) is 0 Å². The van der Waals surface area contributed by atoms with Crippen molar-refractivity contribution in [2.24, 2.45) is 0 Å². The van der Waals surface area contributed by atoms with E-state index >= 15 is 0 Å². The number of nitrogens with one attached hydrogen (secondary N) is 1. The molecule has 15 heavy (non-hydrogen) atoms. The minimum Gasteiger partial charge on any atom is -0.406 e. The van der Waals surface area contributed by atoms with Crippen molar-refractivity contribution in [3.63, 3.8) is 0 Å². The van der Waals surface area contributed by atoms with Crippen molar-refractivity contribution in [2.45, 2.75) is 11.3 Å². The van der Waals surface area contributed by atoms with Crippen LogP contribution in [0.1, 0.15) is 0 Å². The zero-order chi connectivity index (χ0) is 11.7. The van der Waals surface area contributed by atoms with Crippen LogP contribution in [-0.4, -0.2) is 14.8 Å². The van der Waals surface area contributed by atoms with Crippen LogP contribution < -0.4 is 9.88 Å². The Morgan fingerprint density at radius 1 is 1.13 bits per heavy atom. The Hall–Kier alpha value is -1.28. The third-order valence-corrected chi connectivity index (χ3v) is 2.26. The molecule has 0 unspecified atom stereocenters. The lowest BCUT2D eigenvalue weighted by Gasteiger charge is -2.08. The quantitative estimate of drug-likeness (QED) is 0.787. The van der Waals surface area contributed by atoms with Gasteiger partial charge in [0.05, 0.1) is 4.90 Å². The van der Waals surface area contributed by atoms with Gasteiger partial charge in [-0.25, -0.2) is 8.42 Å². The van der Waals surface area contributed by atoms with E-state index in [1.165, 1.54) is 0 Å². The van der Waals surface area contributed by atoms with Crippen molar-refractivity contribution in [1.29, 1.82) is 0 Å². The number of ether oxygens (including phenoxy) is 1. The summed E-state index contributed by atoms with van der Waals surface area (Å²) in [6.07, 6.45) is -4.82. The molecule has 8 heteroatoms. The van der Waals surface area contributed by atoms with Crippen LogP contribution in [0, 0.1) is 0 Å². The molecule has 0 saturated carbocycles. The van der Waals surface area contributed by atoms with E-state index < -0.39 is 27.0 Å². The fourth-order valence-electron chi connectivity index (χ4n) is 0.820. The van der Waals surface area contributed by atoms with Gasteiger partial charge in [0.1, 0.15) is 5.75 Å². The second kappa shape index (κ2) is 3.70. The highest BCUT2D eigenvalue weighted by molar-refractivity contribution is 7.88. The van der Waals surface area contributed by atoms with Crippen LogP contribution in [0.4, 0.5) is 13.2 Å². The van der Waals surface area contributed by atoms with Gasteiger partial charge in [-0.2, -0.15) is 0 Å². The van der Waals surface area contributed by atoms with Crippen molar-refractivity contribution in [1.82, 2.24) is 5.14 Å². The molecule has 4 nitrogen and oxygen atoms in total. The van der Waals surface area contributed by atoms with Crippen molar-refractivity contribution in [3.05, 3.63) is 24.3 Å². The van der Waals surface area contributed by atoms with Gasteiger partial charge in [-0.3, -0.25) is 0 Å². The molecular formula is C7H5F3NO3S. The maximum absolute atomic E-state index is 11.7. The summed E-state index contributed by atoms with van der Waals surface area (Å²) in [5, 5.41) is 6.63. The predicted molar refractivity (Wildman–Crippen MR) is 43.4 cm³/mol. The van der Waals surface area contributed by atoms with Crippen LogP contribution in [0.5, 0.6) is 5.75 Å². The van der Waals surface area contributed by atoms with Gasteiger partial charge in [0.25, 0.3) is 10.0 Å². The molecule has 0 amide bonds. The average molecular weight is 240 g/mol. The van der Waals surface area contributed by atoms with E-state index in [4.69, 9.17) is 5.14 Å². The van der Waals surface area contributed by atoms with E-state index in [0.29, 0.717) is 0 Å². The zero-order valence-electron chi connectivity index (χ0n) is 7.08. The second-order valence-electron chi connectivity index (χ2n) is 2.52. The lowest BCUT2D eigenvalue weighted by atomic mass is 10.3. The molecule has 0 bridgehead atoms. The van der Waals surface area contributed by atoms with E-state index in [9.17, 15) is 21.6 Å². The van der Waals surface area contributed by atoms with Gasteiger partial charge < -0.3 is 4.74 Å². The molecule has 1 aromatic rings. The number of rotatable bonds is 2. The summed E-state index contributed by atoms with van der Waals surface area (Å²) < 4.78 is 59.9. The van der Waals surface area contributed by atoms with Crippen LogP contribution in [0.3, 0.4) is 0 Å². The largest absolute Gasteiger partial charge is 0.573 e. The Morgan fingerprint density at radius 2 is 1.60 bits per heavy atom. The summed E-state index contributed by atoms with van der Waals surface area (Å²) >= 11 is 0. The number of benzene rings is 1. The fourth-order valence-corrected chi connectivity index (χ4v) is 1.31. The fraction of sp³-hybridized carbons (Fsp3) is 0.143. The van der Waals surface area contributed by atoms with Crippen LogP contribution in [-0.2, 0) is 10.0 Å². The SMILES string of the molecule is [NH]S(=O)(=O)c1ccc(OC(F)(F)F)cc1. The van der Waals surface area contributed by atoms with E-state index in [1.54, 1.807) is 0 Å². The van der Waals surface area contributed by atoms with Crippen molar-refractivity contribution < 1.29 is 26.3 Å². The van der Waals surface area contributed by atoms with Gasteiger partial charge in [-0.15, -0.1) is 18.3 Å². The van der Waals surface area contributed by atoms with Gasteiger partial charge in [-0.1, -0.05) is 0 Å². The highest BCUT2D eigenvalue weighted by Gasteiger charge is 2.31. The lowest BCUT2D eigenvalue weighted by Crippen LogP contribution is -2.17. The van der Waals surface area contributed by atoms with E-state index in [-0.39, 0.29) is 0 Å². The van der Waals surface area contributed by atoms with Gasteiger partial charge in [0, 0.05) is 0 Å². The smallest absolute Gasteiger partial charge is 0.406 e. The normalized spacial score (nSPS) is 12.5. The van der Waals surface area contributed by atoms with E-state index in [1.807, 2.05) is 0 Å². The van der Waals surface area contributed by atoms with Crippen LogP contribution in [0.25, 0.3) is 0 Å². The molecule has 1 aromatic carbocycles. The first-order valence-corrected chi connectivity index (χ1v) is 5.02. The predicted octanol–water partition coefficient (Wildman–Crippen LogP) is 1.56. The minimum atomic E-state index is -4.82. The summed E-state index contributed by atoms with van der Waals surface area (Å²) in [4.78, 5) is -0.392. The molecule has 0 aliphatic carbocycles. The summed E-state index contributed by atoms with van der Waals surface area (Å²) in [5.41, 5.74) is 0. The topological polar surface area (TPSA) is 67.2 Å². The maximum atomic E-state index is 11.7. The number of alkyl halides is 3. The third-order valence-electron chi connectivity index (χ3n) is 1.37. The van der Waals surface area contributed by atoms with Crippen LogP contribution >= 0.6 is 0 Å². The molecule has 0 aromatic heterocycles. The van der Waals surface area contributed by atoms with Gasteiger partial charge in [0.2, 0.25) is 0 Å². The molecule has 0 heterocycles. The maximum Gasteiger partial charge on any atom is 0.573 e. The molecule has 0 fully saturated rings. The highest BCUT2D eigenvalue weighted by atomic mass is 32.2. The standard InChI is InChI=1S/C7H5F3NO3S/c8-7(9,10)14-5-1-3-6(4-2-5)15(11,12)13/h1-4,11H. The summed E-state index contributed by atoms with van der Waals surface area (Å²) in [6, 6.07) is 3.39. The molecule has 0 aliphatic rings. The molecule has 1 N–H and O–H groups in total. The summed E-state index contributed by atoms with van der Waals surface area (Å²) in [5.74, 6) is -0.532. The number of hydrogen-bond donors (Lipinski definition) is 0. The number of halogens is 3. The average Bonchev–Trinajstić information content (AvgIpc) is 2.00. The third kappa shape index (κ3) is 3.76. The summed E-state index contributed by atoms with van der Waals surface area (Å²) in [7, 11) is -4.15. The van der Waals surface area contributed by atoms with Gasteiger partial charge in [-0.05, 0) is 24.3 Å². The molecule has 1 rings (SSSR count). The first-order chi connectivity index (χ1) is 6.68. The van der Waals surface area contributed by atoms with Crippen molar-refractivity contribution in [2.75, 3.05) is 0 Å². The minimum absolute atomic E-state index is 0.392. The second-order valence-corrected chi connectivity index (χ2v) is 4.00. The van der Waals surface area contributed by atoms with E-state index in [0.717, 1.165) is 24.3 Å². The number of hydrogen-bond acceptors (Lipinski definition) is 3. The van der Waals surface area contributed by atoms with Gasteiger partial charge >= 0.3 is 6.36 Å². The van der Waals surface area contributed by atoms with Crippen molar-refractivity contribution in [3.8, 4) is 5.75 Å².